The Morgan fingerprint density at radius 3 is 2.31 bits per heavy atom. The second kappa shape index (κ2) is 10.3. The van der Waals surface area contributed by atoms with E-state index in [0.717, 1.165) is 36.3 Å². The predicted octanol–water partition coefficient (Wildman–Crippen LogP) is 5.20. The van der Waals surface area contributed by atoms with Crippen LogP contribution in [0.25, 0.3) is 0 Å². The number of benzene rings is 2. The molecule has 1 saturated carbocycles. The van der Waals surface area contributed by atoms with E-state index in [1.807, 2.05) is 24.3 Å². The van der Waals surface area contributed by atoms with E-state index >= 15 is 0 Å². The van der Waals surface area contributed by atoms with Gasteiger partial charge in [-0.25, -0.2) is 0 Å². The van der Waals surface area contributed by atoms with Gasteiger partial charge >= 0.3 is 0 Å². The lowest BCUT2D eigenvalue weighted by atomic mass is 9.88. The van der Waals surface area contributed by atoms with E-state index in [2.05, 4.69) is 5.32 Å². The molecule has 0 aromatic heterocycles. The van der Waals surface area contributed by atoms with Gasteiger partial charge in [-0.15, -0.1) is 11.8 Å². The van der Waals surface area contributed by atoms with E-state index in [-0.39, 0.29) is 17.6 Å². The van der Waals surface area contributed by atoms with Gasteiger partial charge < -0.3 is 14.8 Å². The third-order valence-corrected chi connectivity index (χ3v) is 6.19. The number of rotatable bonds is 8. The van der Waals surface area contributed by atoms with Gasteiger partial charge in [0, 0.05) is 22.1 Å². The summed E-state index contributed by atoms with van der Waals surface area (Å²) in [5, 5.41) is 3.01. The predicted molar refractivity (Wildman–Crippen MR) is 116 cm³/mol. The Hall–Kier alpha value is -2.47. The van der Waals surface area contributed by atoms with Gasteiger partial charge in [-0.1, -0.05) is 19.3 Å². The lowest BCUT2D eigenvalue weighted by Crippen LogP contribution is -2.24. The Labute approximate surface area is 176 Å². The first kappa shape index (κ1) is 21.2. The molecule has 0 bridgehead atoms. The number of carbonyl (C=O) groups is 2. The number of carbonyl (C=O) groups excluding carboxylic acids is 2. The average molecular weight is 414 g/mol. The van der Waals surface area contributed by atoms with Crippen molar-refractivity contribution in [2.75, 3.05) is 25.3 Å². The fraction of sp³-hybridized carbons (Fsp3) is 0.391. The molecular weight excluding hydrogens is 386 g/mol. The fourth-order valence-corrected chi connectivity index (χ4v) is 4.28. The van der Waals surface area contributed by atoms with Crippen LogP contribution in [0.1, 0.15) is 42.5 Å². The van der Waals surface area contributed by atoms with Gasteiger partial charge in [0.05, 0.1) is 20.0 Å². The standard InChI is InChI=1S/C23H27NO4S/c1-27-21-13-8-17(14-22(21)28-2)20(25)15-29-19-11-9-18(10-12-19)24-23(26)16-6-4-3-5-7-16/h8-14,16H,3-7,15H2,1-2H3,(H,24,26). The van der Waals surface area contributed by atoms with Gasteiger partial charge in [0.15, 0.2) is 17.3 Å². The van der Waals surface area contributed by atoms with Gasteiger partial charge in [0.25, 0.3) is 0 Å². The Morgan fingerprint density at radius 1 is 0.966 bits per heavy atom. The highest BCUT2D eigenvalue weighted by atomic mass is 32.2. The molecule has 2 aromatic rings. The lowest BCUT2D eigenvalue weighted by molar-refractivity contribution is -0.120. The van der Waals surface area contributed by atoms with Crippen molar-refractivity contribution in [2.45, 2.75) is 37.0 Å². The normalized spacial score (nSPS) is 14.3. The van der Waals surface area contributed by atoms with Crippen molar-refractivity contribution < 1.29 is 19.1 Å². The van der Waals surface area contributed by atoms with Crippen LogP contribution >= 0.6 is 11.8 Å². The van der Waals surface area contributed by atoms with Crippen molar-refractivity contribution in [1.82, 2.24) is 0 Å². The Bertz CT molecular complexity index is 844. The molecule has 6 heteroatoms. The van der Waals surface area contributed by atoms with Crippen LogP contribution in [0.3, 0.4) is 0 Å². The molecular formula is C23H27NO4S. The Balaban J connectivity index is 1.53. The van der Waals surface area contributed by atoms with Gasteiger partial charge in [-0.05, 0) is 55.3 Å². The summed E-state index contributed by atoms with van der Waals surface area (Å²) in [5.74, 6) is 1.74. The monoisotopic (exact) mass is 413 g/mol. The summed E-state index contributed by atoms with van der Waals surface area (Å²) in [6.07, 6.45) is 5.48. The summed E-state index contributed by atoms with van der Waals surface area (Å²) in [6.45, 7) is 0. The van der Waals surface area contributed by atoms with Gasteiger partial charge in [-0.3, -0.25) is 9.59 Å². The molecule has 154 valence electrons. The number of ether oxygens (including phenoxy) is 2. The minimum atomic E-state index is 0.0191. The molecule has 1 aliphatic rings. The van der Waals surface area contributed by atoms with Crippen LogP contribution in [0.2, 0.25) is 0 Å². The summed E-state index contributed by atoms with van der Waals surface area (Å²) in [6, 6.07) is 12.8. The number of methoxy groups -OCH3 is 2. The number of nitrogens with one attached hydrogen (secondary N) is 1. The van der Waals surface area contributed by atoms with Crippen LogP contribution in [0.15, 0.2) is 47.4 Å². The first-order valence-electron chi connectivity index (χ1n) is 9.89. The molecule has 0 aliphatic heterocycles. The number of Topliss-reactive ketones (excluding diaryl/α,β-unsaturated/α-hetero) is 1. The van der Waals surface area contributed by atoms with Crippen LogP contribution in [0, 0.1) is 5.92 Å². The van der Waals surface area contributed by atoms with Gasteiger partial charge in [-0.2, -0.15) is 0 Å². The SMILES string of the molecule is COc1ccc(C(=O)CSc2ccc(NC(=O)C3CCCCC3)cc2)cc1OC. The summed E-state index contributed by atoms with van der Waals surface area (Å²) in [7, 11) is 3.12. The van der Waals surface area contributed by atoms with Gasteiger partial charge in [0.1, 0.15) is 0 Å². The largest absolute Gasteiger partial charge is 0.493 e. The molecule has 5 nitrogen and oxygen atoms in total. The van der Waals surface area contributed by atoms with E-state index < -0.39 is 0 Å². The molecule has 1 fully saturated rings. The molecule has 0 radical (unpaired) electrons. The van der Waals surface area contributed by atoms with Crippen LogP contribution in [-0.2, 0) is 4.79 Å². The number of anilines is 1. The zero-order valence-electron chi connectivity index (χ0n) is 16.9. The van der Waals surface area contributed by atoms with E-state index in [4.69, 9.17) is 9.47 Å². The summed E-state index contributed by atoms with van der Waals surface area (Å²) < 4.78 is 10.5. The van der Waals surface area contributed by atoms with Crippen molar-refractivity contribution >= 4 is 29.1 Å². The maximum absolute atomic E-state index is 12.5. The van der Waals surface area contributed by atoms with E-state index in [9.17, 15) is 9.59 Å². The van der Waals surface area contributed by atoms with E-state index in [1.165, 1.54) is 18.2 Å². The fourth-order valence-electron chi connectivity index (χ4n) is 3.49. The molecule has 0 unspecified atom stereocenters. The molecule has 29 heavy (non-hydrogen) atoms. The highest BCUT2D eigenvalue weighted by Crippen LogP contribution is 2.29. The molecule has 0 heterocycles. The van der Waals surface area contributed by atoms with Crippen molar-refractivity contribution in [3.05, 3.63) is 48.0 Å². The zero-order valence-corrected chi connectivity index (χ0v) is 17.7. The number of amides is 1. The second-order valence-electron chi connectivity index (χ2n) is 7.13. The van der Waals surface area contributed by atoms with Crippen LogP contribution in [0.4, 0.5) is 5.69 Å². The topological polar surface area (TPSA) is 64.6 Å². The molecule has 1 amide bonds. The highest BCUT2D eigenvalue weighted by molar-refractivity contribution is 8.00. The lowest BCUT2D eigenvalue weighted by Gasteiger charge is -2.20. The van der Waals surface area contributed by atoms with Crippen LogP contribution in [0.5, 0.6) is 11.5 Å². The third kappa shape index (κ3) is 5.76. The van der Waals surface area contributed by atoms with E-state index in [0.29, 0.717) is 22.8 Å². The van der Waals surface area contributed by atoms with Crippen molar-refractivity contribution in [3.8, 4) is 11.5 Å². The maximum Gasteiger partial charge on any atom is 0.227 e. The number of thioether (sulfide) groups is 1. The quantitative estimate of drug-likeness (QED) is 0.476. The second-order valence-corrected chi connectivity index (χ2v) is 8.18. The van der Waals surface area contributed by atoms with Crippen molar-refractivity contribution in [3.63, 3.8) is 0 Å². The Kier molecular flexibility index (Phi) is 7.58. The zero-order chi connectivity index (χ0) is 20.6. The first-order valence-corrected chi connectivity index (χ1v) is 10.9. The van der Waals surface area contributed by atoms with Crippen LogP contribution in [-0.4, -0.2) is 31.7 Å². The van der Waals surface area contributed by atoms with Gasteiger partial charge in [0.2, 0.25) is 5.91 Å². The molecule has 1 aliphatic carbocycles. The minimum absolute atomic E-state index is 0.0191. The smallest absolute Gasteiger partial charge is 0.227 e. The molecule has 2 aromatic carbocycles. The number of ketones is 1. The summed E-state index contributed by atoms with van der Waals surface area (Å²) in [5.41, 5.74) is 1.39. The number of hydrogen-bond donors (Lipinski definition) is 1. The number of hydrogen-bond acceptors (Lipinski definition) is 5. The molecule has 0 spiro atoms. The van der Waals surface area contributed by atoms with E-state index in [1.54, 1.807) is 32.4 Å². The maximum atomic E-state index is 12.5. The molecule has 1 N–H and O–H groups in total. The Morgan fingerprint density at radius 2 is 1.66 bits per heavy atom. The molecule has 0 saturated heterocycles. The first-order chi connectivity index (χ1) is 14.1. The summed E-state index contributed by atoms with van der Waals surface area (Å²) >= 11 is 1.47. The third-order valence-electron chi connectivity index (χ3n) is 5.17. The highest BCUT2D eigenvalue weighted by Gasteiger charge is 2.21. The van der Waals surface area contributed by atoms with Crippen LogP contribution < -0.4 is 14.8 Å². The molecule has 3 rings (SSSR count). The minimum Gasteiger partial charge on any atom is -0.493 e. The van der Waals surface area contributed by atoms with Crippen molar-refractivity contribution in [1.29, 1.82) is 0 Å². The average Bonchev–Trinajstić information content (AvgIpc) is 2.78. The summed E-state index contributed by atoms with van der Waals surface area (Å²) in [4.78, 5) is 25.8. The molecule has 0 atom stereocenters. The van der Waals surface area contributed by atoms with Crippen molar-refractivity contribution in [2.24, 2.45) is 5.92 Å².